The van der Waals surface area contributed by atoms with Gasteiger partial charge < -0.3 is 15.2 Å². The van der Waals surface area contributed by atoms with Crippen LogP contribution in [0.25, 0.3) is 5.69 Å². The van der Waals surface area contributed by atoms with E-state index in [1.165, 1.54) is 34.2 Å². The first-order chi connectivity index (χ1) is 18.9. The second kappa shape index (κ2) is 11.6. The van der Waals surface area contributed by atoms with Gasteiger partial charge >= 0.3 is 5.97 Å². The Labute approximate surface area is 236 Å². The van der Waals surface area contributed by atoms with Crippen molar-refractivity contribution >= 4 is 38.9 Å². The molecule has 0 bridgehead atoms. The van der Waals surface area contributed by atoms with Crippen molar-refractivity contribution in [3.8, 4) is 17.3 Å². The first kappa shape index (κ1) is 29.0. The number of hydrogen-bond donors (Lipinski definition) is 3. The van der Waals surface area contributed by atoms with Crippen LogP contribution in [0, 0.1) is 20.8 Å². The molecule has 0 radical (unpaired) electrons. The predicted octanol–water partition coefficient (Wildman–Crippen LogP) is 5.68. The van der Waals surface area contributed by atoms with Gasteiger partial charge in [0.25, 0.3) is 5.91 Å². The van der Waals surface area contributed by atoms with Crippen LogP contribution in [-0.4, -0.2) is 41.2 Å². The monoisotopic (exact) mass is 582 g/mol. The van der Waals surface area contributed by atoms with Gasteiger partial charge in [0.1, 0.15) is 10.6 Å². The standard InChI is InChI=1S/C28H30N4O6S2/c1-6-18(4)31-40(36,37)24-15-20(29-26(33)23-8-7-13-39-23)11-12-22(24)38-27-19(5)25(28(34)35)30-32(27)21-14-16(2)9-10-17(21)3/h7-15,18,31H,6H2,1-5H3,(H,29,33)(H,34,35)/t18-/m1/s1. The van der Waals surface area contributed by atoms with Crippen LogP contribution in [0.2, 0.25) is 0 Å². The average molecular weight is 583 g/mol. The summed E-state index contributed by atoms with van der Waals surface area (Å²) in [6.45, 7) is 8.88. The summed E-state index contributed by atoms with van der Waals surface area (Å²) in [5.74, 6) is -1.63. The van der Waals surface area contributed by atoms with Gasteiger partial charge in [-0.15, -0.1) is 11.3 Å². The number of rotatable bonds is 10. The lowest BCUT2D eigenvalue weighted by atomic mass is 10.1. The van der Waals surface area contributed by atoms with E-state index in [2.05, 4.69) is 15.1 Å². The quantitative estimate of drug-likeness (QED) is 0.219. The van der Waals surface area contributed by atoms with Crippen molar-refractivity contribution in [3.05, 3.63) is 81.2 Å². The highest BCUT2D eigenvalue weighted by atomic mass is 32.2. The number of sulfonamides is 1. The summed E-state index contributed by atoms with van der Waals surface area (Å²) in [5, 5.41) is 18.6. The van der Waals surface area contributed by atoms with Crippen molar-refractivity contribution in [2.45, 2.75) is 52.0 Å². The van der Waals surface area contributed by atoms with Crippen molar-refractivity contribution < 1.29 is 27.9 Å². The number of amides is 1. The number of aromatic nitrogens is 2. The van der Waals surface area contributed by atoms with Crippen LogP contribution in [-0.2, 0) is 10.0 Å². The first-order valence-corrected chi connectivity index (χ1v) is 14.9. The number of ether oxygens (including phenoxy) is 1. The number of carbonyl (C=O) groups is 2. The van der Waals surface area contributed by atoms with Gasteiger partial charge in [-0.25, -0.2) is 17.9 Å². The predicted molar refractivity (Wildman–Crippen MR) is 154 cm³/mol. The van der Waals surface area contributed by atoms with Crippen molar-refractivity contribution in [1.29, 1.82) is 0 Å². The molecule has 210 valence electrons. The molecule has 0 spiro atoms. The van der Waals surface area contributed by atoms with Gasteiger partial charge in [0, 0.05) is 17.3 Å². The summed E-state index contributed by atoms with van der Waals surface area (Å²) in [6, 6.07) is 12.9. The van der Waals surface area contributed by atoms with E-state index in [-0.39, 0.29) is 45.4 Å². The number of anilines is 1. The van der Waals surface area contributed by atoms with Crippen molar-refractivity contribution in [1.82, 2.24) is 14.5 Å². The molecule has 10 nitrogen and oxygen atoms in total. The first-order valence-electron chi connectivity index (χ1n) is 12.5. The molecule has 0 saturated carbocycles. The zero-order valence-corrected chi connectivity index (χ0v) is 24.3. The number of hydrogen-bond acceptors (Lipinski definition) is 7. The summed E-state index contributed by atoms with van der Waals surface area (Å²) in [7, 11) is -4.12. The van der Waals surface area contributed by atoms with Crippen LogP contribution in [0.1, 0.15) is 57.1 Å². The Morgan fingerprint density at radius 3 is 2.52 bits per heavy atom. The molecule has 0 aliphatic rings. The largest absolute Gasteiger partial charge is 0.476 e. The lowest BCUT2D eigenvalue weighted by Gasteiger charge is -2.18. The van der Waals surface area contributed by atoms with Crippen molar-refractivity contribution in [3.63, 3.8) is 0 Å². The molecule has 4 rings (SSSR count). The molecule has 0 saturated heterocycles. The smallest absolute Gasteiger partial charge is 0.356 e. The summed E-state index contributed by atoms with van der Waals surface area (Å²) in [5.41, 5.74) is 2.57. The van der Waals surface area contributed by atoms with Crippen LogP contribution in [0.5, 0.6) is 11.6 Å². The van der Waals surface area contributed by atoms with E-state index in [1.807, 2.05) is 39.0 Å². The van der Waals surface area contributed by atoms with E-state index in [1.54, 1.807) is 31.4 Å². The van der Waals surface area contributed by atoms with Crippen molar-refractivity contribution in [2.24, 2.45) is 0 Å². The number of nitrogens with one attached hydrogen (secondary N) is 2. The molecule has 1 atom stereocenters. The Morgan fingerprint density at radius 1 is 1.12 bits per heavy atom. The van der Waals surface area contributed by atoms with E-state index in [4.69, 9.17) is 4.74 Å². The zero-order chi connectivity index (χ0) is 29.2. The Morgan fingerprint density at radius 2 is 1.88 bits per heavy atom. The van der Waals surface area contributed by atoms with E-state index in [9.17, 15) is 23.1 Å². The molecular formula is C28H30N4O6S2. The minimum absolute atomic E-state index is 0.0569. The molecule has 3 N–H and O–H groups in total. The van der Waals surface area contributed by atoms with E-state index < -0.39 is 16.0 Å². The fourth-order valence-electron chi connectivity index (χ4n) is 3.91. The Balaban J connectivity index is 1.85. The Kier molecular flexibility index (Phi) is 8.43. The lowest BCUT2D eigenvalue weighted by molar-refractivity contribution is 0.0689. The van der Waals surface area contributed by atoms with Gasteiger partial charge in [0.2, 0.25) is 15.9 Å². The molecular weight excluding hydrogens is 552 g/mol. The second-order valence-corrected chi connectivity index (χ2v) is 12.0. The topological polar surface area (TPSA) is 140 Å². The summed E-state index contributed by atoms with van der Waals surface area (Å²) in [6.07, 6.45) is 0.546. The minimum Gasteiger partial charge on any atom is -0.476 e. The molecule has 2 heterocycles. The number of carbonyl (C=O) groups excluding carboxylic acids is 1. The van der Waals surface area contributed by atoms with Gasteiger partial charge in [-0.2, -0.15) is 9.78 Å². The van der Waals surface area contributed by atoms with E-state index in [0.717, 1.165) is 11.1 Å². The molecule has 2 aromatic heterocycles. The third kappa shape index (κ3) is 6.09. The van der Waals surface area contributed by atoms with Gasteiger partial charge in [-0.3, -0.25) is 4.79 Å². The molecule has 40 heavy (non-hydrogen) atoms. The van der Waals surface area contributed by atoms with Gasteiger partial charge in [0.05, 0.1) is 10.6 Å². The molecule has 12 heteroatoms. The highest BCUT2D eigenvalue weighted by Gasteiger charge is 2.27. The van der Waals surface area contributed by atoms with E-state index >= 15 is 0 Å². The molecule has 1 amide bonds. The molecule has 0 unspecified atom stereocenters. The molecule has 2 aromatic carbocycles. The summed E-state index contributed by atoms with van der Waals surface area (Å²) < 4.78 is 37.2. The van der Waals surface area contributed by atoms with Gasteiger partial charge in [0.15, 0.2) is 5.69 Å². The van der Waals surface area contributed by atoms with Crippen LogP contribution < -0.4 is 14.8 Å². The average Bonchev–Trinajstić information content (AvgIpc) is 3.55. The Bertz CT molecular complexity index is 1680. The van der Waals surface area contributed by atoms with Crippen LogP contribution >= 0.6 is 11.3 Å². The molecule has 0 aliphatic heterocycles. The molecule has 0 fully saturated rings. The number of benzene rings is 2. The normalized spacial score (nSPS) is 12.2. The Hall–Kier alpha value is -4.00. The van der Waals surface area contributed by atoms with Crippen LogP contribution in [0.4, 0.5) is 5.69 Å². The highest BCUT2D eigenvalue weighted by Crippen LogP contribution is 2.36. The SMILES string of the molecule is CC[C@@H](C)NS(=O)(=O)c1cc(NC(=O)c2cccs2)ccc1Oc1c(C)c(C(=O)O)nn1-c1cc(C)ccc1C. The maximum absolute atomic E-state index is 13.5. The number of thiophene rings is 1. The lowest BCUT2D eigenvalue weighted by Crippen LogP contribution is -2.32. The summed E-state index contributed by atoms with van der Waals surface area (Å²) >= 11 is 1.26. The zero-order valence-electron chi connectivity index (χ0n) is 22.7. The molecule has 0 aliphatic carbocycles. The third-order valence-corrected chi connectivity index (χ3v) is 8.75. The van der Waals surface area contributed by atoms with E-state index in [0.29, 0.717) is 17.0 Å². The number of nitrogens with zero attached hydrogens (tertiary/aromatic N) is 2. The van der Waals surface area contributed by atoms with Gasteiger partial charge in [-0.1, -0.05) is 25.1 Å². The fraction of sp³-hybridized carbons (Fsp3) is 0.250. The van der Waals surface area contributed by atoms with Crippen LogP contribution in [0.3, 0.4) is 0 Å². The molecule has 4 aromatic rings. The van der Waals surface area contributed by atoms with Crippen molar-refractivity contribution in [2.75, 3.05) is 5.32 Å². The number of carboxylic acids is 1. The minimum atomic E-state index is -4.12. The number of aromatic carboxylic acids is 1. The highest BCUT2D eigenvalue weighted by molar-refractivity contribution is 7.89. The number of aryl methyl sites for hydroxylation is 2. The van der Waals surface area contributed by atoms with Gasteiger partial charge in [-0.05, 0) is 81.0 Å². The maximum atomic E-state index is 13.5. The fourth-order valence-corrected chi connectivity index (χ4v) is 6.01. The summed E-state index contributed by atoms with van der Waals surface area (Å²) in [4.78, 5) is 24.9. The van der Waals surface area contributed by atoms with Crippen LogP contribution in [0.15, 0.2) is 58.8 Å². The maximum Gasteiger partial charge on any atom is 0.356 e. The number of carboxylic acid groups (broad SMARTS) is 1. The second-order valence-electron chi connectivity index (χ2n) is 9.41. The third-order valence-electron chi connectivity index (χ3n) is 6.28.